The van der Waals surface area contributed by atoms with E-state index >= 15 is 0 Å². The number of nitrogens with one attached hydrogen (secondary N) is 1. The van der Waals surface area contributed by atoms with E-state index in [0.29, 0.717) is 22.9 Å². The standard InChI is InChI=1S/C21H23N3O5/c1-12-9-17(14(3)24(12)13(2)10-28-4)18(25)11-29-21(27)19-15-7-5-6-8-16(15)20(26)23-22-19/h5-9,13H,10-11H2,1-4H3,(H,23,26)/t13-/m1/s1. The normalized spacial score (nSPS) is 12.1. The van der Waals surface area contributed by atoms with Gasteiger partial charge in [-0.25, -0.2) is 9.89 Å². The first-order chi connectivity index (χ1) is 13.8. The van der Waals surface area contributed by atoms with E-state index in [-0.39, 0.29) is 17.5 Å². The van der Waals surface area contributed by atoms with E-state index in [1.54, 1.807) is 37.4 Å². The molecule has 1 N–H and O–H groups in total. The van der Waals surface area contributed by atoms with Crippen molar-refractivity contribution in [1.82, 2.24) is 14.8 Å². The van der Waals surface area contributed by atoms with Gasteiger partial charge < -0.3 is 14.0 Å². The molecule has 0 saturated carbocycles. The summed E-state index contributed by atoms with van der Waals surface area (Å²) in [4.78, 5) is 37.0. The molecule has 0 bridgehead atoms. The SMILES string of the molecule is COC[C@@H](C)n1c(C)cc(C(=O)COC(=O)c2n[nH]c(=O)c3ccccc23)c1C. The summed E-state index contributed by atoms with van der Waals surface area (Å²) < 4.78 is 12.4. The first kappa shape index (κ1) is 20.5. The zero-order chi connectivity index (χ0) is 21.1. The Labute approximate surface area is 167 Å². The largest absolute Gasteiger partial charge is 0.452 e. The van der Waals surface area contributed by atoms with E-state index in [0.717, 1.165) is 11.4 Å². The summed E-state index contributed by atoms with van der Waals surface area (Å²) in [5, 5.41) is 6.78. The lowest BCUT2D eigenvalue weighted by molar-refractivity contribution is 0.0469. The number of Topliss-reactive ketones (excluding diaryl/α,β-unsaturated/α-hetero) is 1. The molecule has 1 aromatic carbocycles. The lowest BCUT2D eigenvalue weighted by Gasteiger charge is -2.17. The molecule has 2 heterocycles. The van der Waals surface area contributed by atoms with Crippen molar-refractivity contribution in [1.29, 1.82) is 0 Å². The molecule has 0 aliphatic heterocycles. The smallest absolute Gasteiger partial charge is 0.359 e. The van der Waals surface area contributed by atoms with Gasteiger partial charge in [-0.2, -0.15) is 5.10 Å². The second-order valence-corrected chi connectivity index (χ2v) is 6.91. The molecule has 29 heavy (non-hydrogen) atoms. The van der Waals surface area contributed by atoms with Gasteiger partial charge in [-0.3, -0.25) is 9.59 Å². The van der Waals surface area contributed by atoms with Crippen LogP contribution in [0.25, 0.3) is 10.8 Å². The fourth-order valence-electron chi connectivity index (χ4n) is 3.60. The minimum Gasteiger partial charge on any atom is -0.452 e. The fourth-order valence-corrected chi connectivity index (χ4v) is 3.60. The first-order valence-corrected chi connectivity index (χ1v) is 9.20. The van der Waals surface area contributed by atoms with Gasteiger partial charge in [-0.15, -0.1) is 0 Å². The molecule has 0 amide bonds. The Bertz CT molecular complexity index is 1130. The summed E-state index contributed by atoms with van der Waals surface area (Å²) >= 11 is 0. The summed E-state index contributed by atoms with van der Waals surface area (Å²) in [7, 11) is 1.63. The Balaban J connectivity index is 1.78. The highest BCUT2D eigenvalue weighted by Crippen LogP contribution is 2.21. The second-order valence-electron chi connectivity index (χ2n) is 6.91. The number of esters is 1. The maximum atomic E-state index is 12.7. The van der Waals surface area contributed by atoms with Crippen LogP contribution in [0, 0.1) is 13.8 Å². The van der Waals surface area contributed by atoms with Gasteiger partial charge in [0.15, 0.2) is 12.3 Å². The highest BCUT2D eigenvalue weighted by molar-refractivity contribution is 6.04. The molecular formula is C21H23N3O5. The van der Waals surface area contributed by atoms with Crippen molar-refractivity contribution in [3.63, 3.8) is 0 Å². The number of ether oxygens (including phenoxy) is 2. The van der Waals surface area contributed by atoms with Crippen LogP contribution in [0.3, 0.4) is 0 Å². The van der Waals surface area contributed by atoms with Crippen LogP contribution in [0.5, 0.6) is 0 Å². The van der Waals surface area contributed by atoms with Crippen LogP contribution in [0.4, 0.5) is 0 Å². The van der Waals surface area contributed by atoms with Crippen LogP contribution in [0.2, 0.25) is 0 Å². The number of carbonyl (C=O) groups excluding carboxylic acids is 2. The predicted molar refractivity (Wildman–Crippen MR) is 107 cm³/mol. The van der Waals surface area contributed by atoms with Crippen LogP contribution in [-0.2, 0) is 9.47 Å². The van der Waals surface area contributed by atoms with E-state index in [4.69, 9.17) is 9.47 Å². The molecule has 0 unspecified atom stereocenters. The van der Waals surface area contributed by atoms with E-state index in [2.05, 4.69) is 10.2 Å². The Morgan fingerprint density at radius 2 is 1.90 bits per heavy atom. The van der Waals surface area contributed by atoms with Crippen molar-refractivity contribution in [2.45, 2.75) is 26.8 Å². The van der Waals surface area contributed by atoms with Gasteiger partial charge in [0.25, 0.3) is 5.56 Å². The number of fused-ring (bicyclic) bond motifs is 1. The maximum absolute atomic E-state index is 12.7. The zero-order valence-corrected chi connectivity index (χ0v) is 16.8. The molecular weight excluding hydrogens is 374 g/mol. The number of hydrogen-bond acceptors (Lipinski definition) is 6. The monoisotopic (exact) mass is 397 g/mol. The van der Waals surface area contributed by atoms with E-state index in [9.17, 15) is 14.4 Å². The van der Waals surface area contributed by atoms with Crippen LogP contribution in [-0.4, -0.2) is 46.8 Å². The summed E-state index contributed by atoms with van der Waals surface area (Å²) in [6.07, 6.45) is 0. The lowest BCUT2D eigenvalue weighted by atomic mass is 10.1. The average Bonchev–Trinajstić information content (AvgIpc) is 3.00. The van der Waals surface area contributed by atoms with Crippen LogP contribution < -0.4 is 5.56 Å². The zero-order valence-electron chi connectivity index (χ0n) is 16.8. The molecule has 3 rings (SSSR count). The number of carbonyl (C=O) groups is 2. The van der Waals surface area contributed by atoms with E-state index < -0.39 is 18.1 Å². The van der Waals surface area contributed by atoms with Crippen molar-refractivity contribution in [3.8, 4) is 0 Å². The van der Waals surface area contributed by atoms with Gasteiger partial charge in [-0.1, -0.05) is 18.2 Å². The third-order valence-corrected chi connectivity index (χ3v) is 4.86. The summed E-state index contributed by atoms with van der Waals surface area (Å²) in [6.45, 7) is 5.87. The maximum Gasteiger partial charge on any atom is 0.359 e. The van der Waals surface area contributed by atoms with Gasteiger partial charge in [0.1, 0.15) is 0 Å². The Morgan fingerprint density at radius 1 is 1.21 bits per heavy atom. The van der Waals surface area contributed by atoms with Crippen LogP contribution in [0.1, 0.15) is 45.2 Å². The Morgan fingerprint density at radius 3 is 2.59 bits per heavy atom. The second kappa shape index (κ2) is 8.40. The molecule has 2 aromatic heterocycles. The fraction of sp³-hybridized carbons (Fsp3) is 0.333. The lowest BCUT2D eigenvalue weighted by Crippen LogP contribution is -2.19. The summed E-state index contributed by atoms with van der Waals surface area (Å²) in [6, 6.07) is 8.44. The van der Waals surface area contributed by atoms with Crippen molar-refractivity contribution < 1.29 is 19.1 Å². The van der Waals surface area contributed by atoms with Gasteiger partial charge in [-0.05, 0) is 32.9 Å². The molecule has 8 heteroatoms. The molecule has 0 saturated heterocycles. The van der Waals surface area contributed by atoms with Gasteiger partial charge >= 0.3 is 5.97 Å². The number of ketones is 1. The highest BCUT2D eigenvalue weighted by atomic mass is 16.5. The van der Waals surface area contributed by atoms with Gasteiger partial charge in [0.2, 0.25) is 5.78 Å². The van der Waals surface area contributed by atoms with Crippen molar-refractivity contribution in [2.24, 2.45) is 0 Å². The number of rotatable bonds is 7. The predicted octanol–water partition coefficient (Wildman–Crippen LogP) is 2.59. The Hall–Kier alpha value is -3.26. The van der Waals surface area contributed by atoms with Crippen LogP contribution >= 0.6 is 0 Å². The highest BCUT2D eigenvalue weighted by Gasteiger charge is 2.21. The quantitative estimate of drug-likeness (QED) is 0.485. The molecule has 152 valence electrons. The van der Waals surface area contributed by atoms with E-state index in [1.165, 1.54) is 0 Å². The number of aromatic amines is 1. The molecule has 0 spiro atoms. The first-order valence-electron chi connectivity index (χ1n) is 9.20. The molecule has 8 nitrogen and oxygen atoms in total. The molecule has 0 aliphatic carbocycles. The number of benzene rings is 1. The minimum absolute atomic E-state index is 0.0350. The number of aryl methyl sites for hydroxylation is 1. The van der Waals surface area contributed by atoms with Gasteiger partial charge in [0.05, 0.1) is 18.0 Å². The van der Waals surface area contributed by atoms with Crippen molar-refractivity contribution in [2.75, 3.05) is 20.3 Å². The summed E-state index contributed by atoms with van der Waals surface area (Å²) in [5.74, 6) is -1.08. The summed E-state index contributed by atoms with van der Waals surface area (Å²) in [5.41, 5.74) is 1.78. The van der Waals surface area contributed by atoms with Gasteiger partial charge in [0, 0.05) is 29.4 Å². The molecule has 0 fully saturated rings. The Kier molecular flexibility index (Phi) is 5.93. The average molecular weight is 397 g/mol. The molecule has 0 radical (unpaired) electrons. The number of H-pyrrole nitrogens is 1. The number of hydrogen-bond donors (Lipinski definition) is 1. The molecule has 0 aliphatic rings. The number of methoxy groups -OCH3 is 1. The van der Waals surface area contributed by atoms with E-state index in [1.807, 2.05) is 25.3 Å². The minimum atomic E-state index is -0.771. The number of aromatic nitrogens is 3. The van der Waals surface area contributed by atoms with Crippen molar-refractivity contribution >= 4 is 22.5 Å². The third kappa shape index (κ3) is 3.97. The number of nitrogens with zero attached hydrogens (tertiary/aromatic N) is 2. The van der Waals surface area contributed by atoms with Crippen molar-refractivity contribution in [3.05, 3.63) is 63.3 Å². The molecule has 3 aromatic rings. The third-order valence-electron chi connectivity index (χ3n) is 4.86. The topological polar surface area (TPSA) is 103 Å². The molecule has 1 atom stereocenters. The van der Waals surface area contributed by atoms with Crippen LogP contribution in [0.15, 0.2) is 35.1 Å².